The molecule has 1 saturated heterocycles. The summed E-state index contributed by atoms with van der Waals surface area (Å²) in [7, 11) is 0. The molecular weight excluding hydrogens is 368 g/mol. The topological polar surface area (TPSA) is 63.0 Å². The largest absolute Gasteiger partial charge is 0.467 e. The maximum absolute atomic E-state index is 13.3. The maximum Gasteiger partial charge on any atom is 0.242 e. The van der Waals surface area contributed by atoms with E-state index in [1.54, 1.807) is 11.2 Å². The number of nitrogens with zero attached hydrogens (tertiary/aromatic N) is 2. The zero-order valence-electron chi connectivity index (χ0n) is 18.0. The highest BCUT2D eigenvalue weighted by Crippen LogP contribution is 2.26. The van der Waals surface area contributed by atoms with Gasteiger partial charge in [0.1, 0.15) is 12.3 Å². The Morgan fingerprint density at radius 1 is 1.17 bits per heavy atom. The molecule has 162 valence electrons. The Hall–Kier alpha value is -1.82. The minimum Gasteiger partial charge on any atom is -0.467 e. The van der Waals surface area contributed by atoms with E-state index in [1.807, 2.05) is 24.0 Å². The predicted molar refractivity (Wildman–Crippen MR) is 111 cm³/mol. The monoisotopic (exact) mass is 404 g/mol. The molecule has 3 rings (SSSR count). The lowest BCUT2D eigenvalue weighted by molar-refractivity contribution is -0.146. The molecule has 2 atom stereocenters. The van der Waals surface area contributed by atoms with Gasteiger partial charge in [-0.05, 0) is 51.2 Å². The standard InChI is InChI=1S/C23H36N2O4/c1-3-18(2)25(23(27)19-9-5-4-6-10-19)17-22(26)24(15-20-11-7-13-28-20)16-21-12-8-14-29-21/h7,11,13,18-19,21H,3-6,8-10,12,14-17H2,1-2H3. The van der Waals surface area contributed by atoms with Gasteiger partial charge in [0, 0.05) is 25.1 Å². The van der Waals surface area contributed by atoms with E-state index in [-0.39, 0.29) is 36.4 Å². The number of rotatable bonds is 9. The Morgan fingerprint density at radius 3 is 2.59 bits per heavy atom. The van der Waals surface area contributed by atoms with Crippen molar-refractivity contribution in [1.82, 2.24) is 9.80 Å². The molecule has 0 spiro atoms. The minimum absolute atomic E-state index is 0.0265. The first-order valence-electron chi connectivity index (χ1n) is 11.3. The van der Waals surface area contributed by atoms with Crippen LogP contribution in [0.25, 0.3) is 0 Å². The number of amides is 2. The summed E-state index contributed by atoms with van der Waals surface area (Å²) in [4.78, 5) is 30.2. The third-order valence-electron chi connectivity index (χ3n) is 6.39. The second-order valence-corrected chi connectivity index (χ2v) is 8.55. The highest BCUT2D eigenvalue weighted by Gasteiger charge is 2.32. The molecule has 2 fully saturated rings. The van der Waals surface area contributed by atoms with Crippen LogP contribution in [0.3, 0.4) is 0 Å². The molecule has 0 N–H and O–H groups in total. The van der Waals surface area contributed by atoms with Crippen molar-refractivity contribution in [2.45, 2.75) is 83.9 Å². The van der Waals surface area contributed by atoms with Crippen LogP contribution >= 0.6 is 0 Å². The molecule has 1 aliphatic heterocycles. The van der Waals surface area contributed by atoms with Gasteiger partial charge in [0.2, 0.25) is 11.8 Å². The molecule has 2 amide bonds. The number of hydrogen-bond acceptors (Lipinski definition) is 4. The van der Waals surface area contributed by atoms with Crippen LogP contribution in [0, 0.1) is 5.92 Å². The minimum atomic E-state index is -0.0265. The smallest absolute Gasteiger partial charge is 0.242 e. The summed E-state index contributed by atoms with van der Waals surface area (Å²) < 4.78 is 11.2. The van der Waals surface area contributed by atoms with Gasteiger partial charge >= 0.3 is 0 Å². The van der Waals surface area contributed by atoms with Crippen LogP contribution < -0.4 is 0 Å². The molecule has 0 aromatic carbocycles. The predicted octanol–water partition coefficient (Wildman–Crippen LogP) is 3.99. The number of carbonyl (C=O) groups excluding carboxylic acids is 2. The quantitative estimate of drug-likeness (QED) is 0.624. The normalized spacial score (nSPS) is 21.1. The fraction of sp³-hybridized carbons (Fsp3) is 0.739. The van der Waals surface area contributed by atoms with Crippen LogP contribution in [-0.4, -0.2) is 53.5 Å². The molecule has 1 saturated carbocycles. The maximum atomic E-state index is 13.3. The number of hydrogen-bond donors (Lipinski definition) is 0. The van der Waals surface area contributed by atoms with Gasteiger partial charge in [-0.3, -0.25) is 9.59 Å². The van der Waals surface area contributed by atoms with Gasteiger partial charge in [0.15, 0.2) is 0 Å². The van der Waals surface area contributed by atoms with E-state index >= 15 is 0 Å². The molecule has 6 nitrogen and oxygen atoms in total. The Labute approximate surface area is 174 Å². The Kier molecular flexibility index (Phi) is 8.16. The summed E-state index contributed by atoms with van der Waals surface area (Å²) >= 11 is 0. The van der Waals surface area contributed by atoms with E-state index in [9.17, 15) is 9.59 Å². The van der Waals surface area contributed by atoms with E-state index < -0.39 is 0 Å². The highest BCUT2D eigenvalue weighted by atomic mass is 16.5. The first kappa shape index (κ1) is 21.9. The summed E-state index contributed by atoms with van der Waals surface area (Å²) in [6, 6.07) is 3.78. The Bertz CT molecular complexity index is 633. The van der Waals surface area contributed by atoms with Gasteiger partial charge in [-0.1, -0.05) is 26.2 Å². The van der Waals surface area contributed by atoms with Gasteiger partial charge in [-0.2, -0.15) is 0 Å². The molecule has 1 aromatic rings. The van der Waals surface area contributed by atoms with Crippen molar-refractivity contribution >= 4 is 11.8 Å². The molecule has 0 bridgehead atoms. The summed E-state index contributed by atoms with van der Waals surface area (Å²) in [5, 5.41) is 0. The van der Waals surface area contributed by atoms with Gasteiger partial charge in [-0.25, -0.2) is 0 Å². The molecule has 29 heavy (non-hydrogen) atoms. The van der Waals surface area contributed by atoms with Crippen molar-refractivity contribution in [3.63, 3.8) is 0 Å². The van der Waals surface area contributed by atoms with Crippen LogP contribution in [0.2, 0.25) is 0 Å². The van der Waals surface area contributed by atoms with Gasteiger partial charge < -0.3 is 19.0 Å². The van der Waals surface area contributed by atoms with Gasteiger partial charge in [0.25, 0.3) is 0 Å². The van der Waals surface area contributed by atoms with Crippen LogP contribution in [0.4, 0.5) is 0 Å². The summed E-state index contributed by atoms with van der Waals surface area (Å²) in [6.07, 6.45) is 9.88. The lowest BCUT2D eigenvalue weighted by atomic mass is 9.88. The van der Waals surface area contributed by atoms with Crippen molar-refractivity contribution in [1.29, 1.82) is 0 Å². The summed E-state index contributed by atoms with van der Waals surface area (Å²) in [6.45, 7) is 5.97. The Balaban J connectivity index is 1.69. The third kappa shape index (κ3) is 6.08. The van der Waals surface area contributed by atoms with Crippen molar-refractivity contribution < 1.29 is 18.7 Å². The first-order chi connectivity index (χ1) is 14.1. The fourth-order valence-corrected chi connectivity index (χ4v) is 4.38. The zero-order valence-corrected chi connectivity index (χ0v) is 18.0. The van der Waals surface area contributed by atoms with Crippen molar-refractivity contribution in [2.75, 3.05) is 19.7 Å². The SMILES string of the molecule is CCC(C)N(CC(=O)N(Cc1ccco1)CC1CCCO1)C(=O)C1CCCCC1. The molecule has 1 aliphatic carbocycles. The van der Waals surface area contributed by atoms with E-state index in [0.29, 0.717) is 13.1 Å². The van der Waals surface area contributed by atoms with E-state index in [2.05, 4.69) is 6.92 Å². The van der Waals surface area contributed by atoms with Crippen molar-refractivity contribution in [3.05, 3.63) is 24.2 Å². The van der Waals surface area contributed by atoms with Gasteiger partial charge in [0.05, 0.1) is 18.9 Å². The molecule has 0 radical (unpaired) electrons. The van der Waals surface area contributed by atoms with E-state index in [4.69, 9.17) is 9.15 Å². The molecular formula is C23H36N2O4. The number of carbonyl (C=O) groups is 2. The molecule has 6 heteroatoms. The van der Waals surface area contributed by atoms with Crippen molar-refractivity contribution in [2.24, 2.45) is 5.92 Å². The first-order valence-corrected chi connectivity index (χ1v) is 11.3. The molecule has 2 aliphatic rings. The van der Waals surface area contributed by atoms with Crippen LogP contribution in [0.5, 0.6) is 0 Å². The summed E-state index contributed by atoms with van der Waals surface area (Å²) in [5.41, 5.74) is 0. The third-order valence-corrected chi connectivity index (χ3v) is 6.39. The van der Waals surface area contributed by atoms with E-state index in [1.165, 1.54) is 6.42 Å². The zero-order chi connectivity index (χ0) is 20.6. The average molecular weight is 405 g/mol. The lowest BCUT2D eigenvalue weighted by Gasteiger charge is -2.35. The van der Waals surface area contributed by atoms with E-state index in [0.717, 1.165) is 57.3 Å². The van der Waals surface area contributed by atoms with Crippen molar-refractivity contribution in [3.8, 4) is 0 Å². The second kappa shape index (κ2) is 10.8. The Morgan fingerprint density at radius 2 is 1.97 bits per heavy atom. The van der Waals surface area contributed by atoms with Gasteiger partial charge in [-0.15, -0.1) is 0 Å². The fourth-order valence-electron chi connectivity index (χ4n) is 4.38. The summed E-state index contributed by atoms with van der Waals surface area (Å²) in [5.74, 6) is 0.955. The molecule has 1 aromatic heterocycles. The second-order valence-electron chi connectivity index (χ2n) is 8.55. The van der Waals surface area contributed by atoms with Crippen LogP contribution in [0.15, 0.2) is 22.8 Å². The number of furan rings is 1. The average Bonchev–Trinajstić information content (AvgIpc) is 3.45. The van der Waals surface area contributed by atoms with Crippen LogP contribution in [-0.2, 0) is 20.9 Å². The van der Waals surface area contributed by atoms with Crippen LogP contribution in [0.1, 0.15) is 71.0 Å². The molecule has 2 unspecified atom stereocenters. The number of ether oxygens (including phenoxy) is 1. The molecule has 2 heterocycles. The highest BCUT2D eigenvalue weighted by molar-refractivity contribution is 5.86. The lowest BCUT2D eigenvalue weighted by Crippen LogP contribution is -2.49.